The lowest BCUT2D eigenvalue weighted by Crippen LogP contribution is -2.47. The molecule has 2 atom stereocenters. The molecule has 2 rings (SSSR count). The Morgan fingerprint density at radius 3 is 2.61 bits per heavy atom. The smallest absolute Gasteiger partial charge is 0.194 e. The van der Waals surface area contributed by atoms with Gasteiger partial charge in [0.1, 0.15) is 0 Å². The van der Waals surface area contributed by atoms with E-state index in [1.165, 1.54) is 5.56 Å². The molecule has 1 aliphatic rings. The van der Waals surface area contributed by atoms with E-state index in [4.69, 9.17) is 9.73 Å². The zero-order chi connectivity index (χ0) is 16.5. The maximum absolute atomic E-state index is 9.81. The molecule has 0 aliphatic carbocycles. The van der Waals surface area contributed by atoms with Crippen molar-refractivity contribution in [2.45, 2.75) is 32.3 Å². The first-order valence-corrected chi connectivity index (χ1v) is 8.54. The van der Waals surface area contributed by atoms with Crippen molar-refractivity contribution < 1.29 is 9.84 Å². The molecule has 1 aliphatic heterocycles. The van der Waals surface area contributed by atoms with E-state index >= 15 is 0 Å². The van der Waals surface area contributed by atoms with Crippen LogP contribution < -0.4 is 5.32 Å². The van der Waals surface area contributed by atoms with Crippen molar-refractivity contribution in [1.82, 2.24) is 10.2 Å². The van der Waals surface area contributed by atoms with Gasteiger partial charge in [-0.1, -0.05) is 30.3 Å². The lowest BCUT2D eigenvalue weighted by Gasteiger charge is -2.30. The van der Waals surface area contributed by atoms with E-state index in [2.05, 4.69) is 29.3 Å². The van der Waals surface area contributed by atoms with Crippen molar-refractivity contribution in [1.29, 1.82) is 0 Å². The van der Waals surface area contributed by atoms with Gasteiger partial charge in [-0.2, -0.15) is 0 Å². The molecule has 1 heterocycles. The lowest BCUT2D eigenvalue weighted by atomic mass is 9.93. The van der Waals surface area contributed by atoms with Crippen LogP contribution >= 0.6 is 0 Å². The highest BCUT2D eigenvalue weighted by molar-refractivity contribution is 5.80. The third kappa shape index (κ3) is 5.84. The van der Waals surface area contributed by atoms with Crippen molar-refractivity contribution in [3.8, 4) is 0 Å². The summed E-state index contributed by atoms with van der Waals surface area (Å²) in [4.78, 5) is 7.08. The lowest BCUT2D eigenvalue weighted by molar-refractivity contribution is 0.0664. The molecule has 0 spiro atoms. The first-order valence-electron chi connectivity index (χ1n) is 8.54. The molecule has 128 valence electrons. The number of aliphatic imine (C=N–C) groups is 1. The third-order valence-corrected chi connectivity index (χ3v) is 4.00. The molecule has 1 saturated heterocycles. The molecule has 23 heavy (non-hydrogen) atoms. The van der Waals surface area contributed by atoms with Gasteiger partial charge in [0.25, 0.3) is 0 Å². The van der Waals surface area contributed by atoms with Crippen LogP contribution in [0.15, 0.2) is 35.3 Å². The zero-order valence-corrected chi connectivity index (χ0v) is 14.2. The number of guanidine groups is 1. The first-order chi connectivity index (χ1) is 11.2. The largest absolute Gasteiger partial charge is 0.393 e. The summed E-state index contributed by atoms with van der Waals surface area (Å²) in [7, 11) is 0. The number of hydrogen-bond acceptors (Lipinski definition) is 3. The summed E-state index contributed by atoms with van der Waals surface area (Å²) in [6.07, 6.45) is 0.386. The average molecular weight is 319 g/mol. The SMILES string of the molecule is CCNC(=NC[C@H](C[C@@H](C)O)c1ccccc1)N1CCOCC1. The van der Waals surface area contributed by atoms with Crippen molar-refractivity contribution in [2.24, 2.45) is 4.99 Å². The molecular weight excluding hydrogens is 290 g/mol. The molecule has 1 aromatic carbocycles. The van der Waals surface area contributed by atoms with Gasteiger partial charge in [0.2, 0.25) is 0 Å². The number of aliphatic hydroxyl groups is 1. The van der Waals surface area contributed by atoms with E-state index in [1.54, 1.807) is 0 Å². The van der Waals surface area contributed by atoms with Gasteiger partial charge in [-0.15, -0.1) is 0 Å². The Bertz CT molecular complexity index is 470. The fourth-order valence-electron chi connectivity index (χ4n) is 2.85. The standard InChI is InChI=1S/C18H29N3O2/c1-3-19-18(21-9-11-23-12-10-21)20-14-17(13-15(2)22)16-7-5-4-6-8-16/h4-8,15,17,22H,3,9-14H2,1-2H3,(H,19,20)/t15-,17+/m1/s1. The summed E-state index contributed by atoms with van der Waals surface area (Å²) >= 11 is 0. The van der Waals surface area contributed by atoms with Gasteiger partial charge < -0.3 is 20.1 Å². The Morgan fingerprint density at radius 2 is 2.00 bits per heavy atom. The van der Waals surface area contributed by atoms with Gasteiger partial charge in [-0.3, -0.25) is 4.99 Å². The van der Waals surface area contributed by atoms with Gasteiger partial charge in [-0.05, 0) is 25.8 Å². The number of rotatable bonds is 6. The summed E-state index contributed by atoms with van der Waals surface area (Å²) in [5.41, 5.74) is 1.23. The summed E-state index contributed by atoms with van der Waals surface area (Å²) in [5, 5.41) is 13.2. The second-order valence-electron chi connectivity index (χ2n) is 5.99. The fourth-order valence-corrected chi connectivity index (χ4v) is 2.85. The molecule has 5 heteroatoms. The van der Waals surface area contributed by atoms with Crippen molar-refractivity contribution >= 4 is 5.96 Å². The van der Waals surface area contributed by atoms with Crippen LogP contribution in [0.2, 0.25) is 0 Å². The van der Waals surface area contributed by atoms with Gasteiger partial charge in [0.15, 0.2) is 5.96 Å². The molecular formula is C18H29N3O2. The van der Waals surface area contributed by atoms with Crippen molar-refractivity contribution in [3.05, 3.63) is 35.9 Å². The molecule has 1 aromatic rings. The molecule has 0 aromatic heterocycles. The number of benzene rings is 1. The van der Waals surface area contributed by atoms with Gasteiger partial charge in [-0.25, -0.2) is 0 Å². The molecule has 0 unspecified atom stereocenters. The second kappa shape index (κ2) is 9.53. The highest BCUT2D eigenvalue weighted by Gasteiger charge is 2.17. The molecule has 0 amide bonds. The molecule has 5 nitrogen and oxygen atoms in total. The van der Waals surface area contributed by atoms with Crippen LogP contribution in [0.3, 0.4) is 0 Å². The average Bonchev–Trinajstić information content (AvgIpc) is 2.58. The Labute approximate surface area is 139 Å². The number of ether oxygens (including phenoxy) is 1. The van der Waals surface area contributed by atoms with Crippen LogP contribution in [-0.2, 0) is 4.74 Å². The van der Waals surface area contributed by atoms with Crippen molar-refractivity contribution in [3.63, 3.8) is 0 Å². The molecule has 2 N–H and O–H groups in total. The molecule has 0 bridgehead atoms. The zero-order valence-electron chi connectivity index (χ0n) is 14.2. The van der Waals surface area contributed by atoms with Crippen LogP contribution in [0.5, 0.6) is 0 Å². The topological polar surface area (TPSA) is 57.1 Å². The summed E-state index contributed by atoms with van der Waals surface area (Å²) in [6.45, 7) is 8.70. The predicted molar refractivity (Wildman–Crippen MR) is 93.9 cm³/mol. The van der Waals surface area contributed by atoms with Crippen LogP contribution in [0, 0.1) is 0 Å². The van der Waals surface area contributed by atoms with Crippen LogP contribution in [0.1, 0.15) is 31.7 Å². The summed E-state index contributed by atoms with van der Waals surface area (Å²) in [6, 6.07) is 10.3. The summed E-state index contributed by atoms with van der Waals surface area (Å²) < 4.78 is 5.42. The highest BCUT2D eigenvalue weighted by Crippen LogP contribution is 2.21. The number of nitrogens with zero attached hydrogens (tertiary/aromatic N) is 2. The van der Waals surface area contributed by atoms with Crippen LogP contribution in [0.4, 0.5) is 0 Å². The van der Waals surface area contributed by atoms with Crippen LogP contribution in [0.25, 0.3) is 0 Å². The third-order valence-electron chi connectivity index (χ3n) is 4.00. The van der Waals surface area contributed by atoms with E-state index in [9.17, 15) is 5.11 Å². The minimum Gasteiger partial charge on any atom is -0.393 e. The fraction of sp³-hybridized carbons (Fsp3) is 0.611. The Kier molecular flexibility index (Phi) is 7.36. The minimum atomic E-state index is -0.332. The van der Waals surface area contributed by atoms with Gasteiger partial charge in [0, 0.05) is 32.1 Å². The van der Waals surface area contributed by atoms with E-state index in [0.717, 1.165) is 45.2 Å². The van der Waals surface area contributed by atoms with Gasteiger partial charge in [0.05, 0.1) is 19.3 Å². The first kappa shape index (κ1) is 17.8. The van der Waals surface area contributed by atoms with Crippen LogP contribution in [-0.4, -0.2) is 61.5 Å². The maximum atomic E-state index is 9.81. The maximum Gasteiger partial charge on any atom is 0.194 e. The Balaban J connectivity index is 2.09. The van der Waals surface area contributed by atoms with E-state index in [1.807, 2.05) is 25.1 Å². The number of morpholine rings is 1. The second-order valence-corrected chi connectivity index (χ2v) is 5.99. The van der Waals surface area contributed by atoms with Gasteiger partial charge >= 0.3 is 0 Å². The number of aliphatic hydroxyl groups excluding tert-OH is 1. The predicted octanol–water partition coefficient (Wildman–Crippen LogP) is 1.84. The highest BCUT2D eigenvalue weighted by atomic mass is 16.5. The Morgan fingerprint density at radius 1 is 1.30 bits per heavy atom. The molecule has 1 fully saturated rings. The van der Waals surface area contributed by atoms with E-state index < -0.39 is 0 Å². The normalized spacial score (nSPS) is 18.6. The number of hydrogen-bond donors (Lipinski definition) is 2. The quantitative estimate of drug-likeness (QED) is 0.620. The molecule has 0 saturated carbocycles. The molecule has 0 radical (unpaired) electrons. The summed E-state index contributed by atoms with van der Waals surface area (Å²) in [5.74, 6) is 1.17. The van der Waals surface area contributed by atoms with E-state index in [0.29, 0.717) is 6.54 Å². The minimum absolute atomic E-state index is 0.228. The monoisotopic (exact) mass is 319 g/mol. The van der Waals surface area contributed by atoms with Crippen molar-refractivity contribution in [2.75, 3.05) is 39.4 Å². The Hall–Kier alpha value is -1.59. The van der Waals surface area contributed by atoms with E-state index in [-0.39, 0.29) is 12.0 Å². The number of nitrogens with one attached hydrogen (secondary N) is 1.